The molecular weight excluding hydrogens is 599 g/mol. The number of halogens is 7. The zero-order valence-corrected chi connectivity index (χ0v) is 23.3. The number of methoxy groups -OCH3 is 1. The summed E-state index contributed by atoms with van der Waals surface area (Å²) >= 11 is 0. The van der Waals surface area contributed by atoms with E-state index < -0.39 is 56.1 Å². The van der Waals surface area contributed by atoms with Crippen LogP contribution in [0.5, 0.6) is 17.2 Å². The SMILES string of the molecule is CCOC(Cc1ccc(OCCN(CCOC(F)(F)C(F)(F)C(F)(F)F)C(=O)Oc2cc(C)ccc2OC)cc1)C(=O)O. The summed E-state index contributed by atoms with van der Waals surface area (Å²) in [6.45, 7) is 0.518. The van der Waals surface area contributed by atoms with Crippen molar-refractivity contribution in [2.45, 2.75) is 44.6 Å². The molecule has 2 aromatic carbocycles. The molecule has 9 nitrogen and oxygen atoms in total. The molecule has 0 aliphatic carbocycles. The lowest BCUT2D eigenvalue weighted by Crippen LogP contribution is -2.54. The standard InChI is InChI=1S/C27H30F7NO8/c1-4-40-22(23(36)37)16-18-6-8-19(9-7-18)41-13-11-35(12-14-42-27(33,34)25(28,29)26(30,31)32)24(38)43-21-15-17(2)5-10-20(21)39-3/h5-10,15,22H,4,11-14,16H2,1-3H3,(H,36,37). The number of alkyl halides is 7. The van der Waals surface area contributed by atoms with Gasteiger partial charge in [0.2, 0.25) is 0 Å². The van der Waals surface area contributed by atoms with E-state index in [0.29, 0.717) is 16.0 Å². The molecule has 0 heterocycles. The van der Waals surface area contributed by atoms with E-state index in [0.717, 1.165) is 0 Å². The van der Waals surface area contributed by atoms with Crippen LogP contribution in [0.25, 0.3) is 0 Å². The van der Waals surface area contributed by atoms with Crippen LogP contribution in [-0.4, -0.2) is 86.4 Å². The summed E-state index contributed by atoms with van der Waals surface area (Å²) in [5.41, 5.74) is 1.26. The molecule has 2 aromatic rings. The number of carbonyl (C=O) groups is 2. The number of hydrogen-bond acceptors (Lipinski definition) is 7. The maximum Gasteiger partial charge on any atom is 0.462 e. The number of carboxylic acids is 1. The van der Waals surface area contributed by atoms with Crippen LogP contribution in [0.2, 0.25) is 0 Å². The Morgan fingerprint density at radius 2 is 1.56 bits per heavy atom. The minimum absolute atomic E-state index is 0.0729. The number of carboxylic acid groups (broad SMARTS) is 1. The molecule has 1 atom stereocenters. The van der Waals surface area contributed by atoms with Crippen molar-refractivity contribution in [3.63, 3.8) is 0 Å². The van der Waals surface area contributed by atoms with Gasteiger partial charge >= 0.3 is 30.3 Å². The average molecular weight is 630 g/mol. The Hall–Kier alpha value is -3.79. The number of aliphatic carboxylic acids is 1. The number of aryl methyl sites for hydroxylation is 1. The van der Waals surface area contributed by atoms with Gasteiger partial charge in [0.05, 0.1) is 20.3 Å². The smallest absolute Gasteiger partial charge is 0.462 e. The summed E-state index contributed by atoms with van der Waals surface area (Å²) in [5, 5.41) is 9.21. The second kappa shape index (κ2) is 15.1. The summed E-state index contributed by atoms with van der Waals surface area (Å²) < 4.78 is 115. The molecule has 43 heavy (non-hydrogen) atoms. The topological polar surface area (TPSA) is 104 Å². The van der Waals surface area contributed by atoms with Crippen molar-refractivity contribution in [3.05, 3.63) is 53.6 Å². The zero-order chi connectivity index (χ0) is 32.4. The second-order valence-electron chi connectivity index (χ2n) is 8.93. The van der Waals surface area contributed by atoms with Gasteiger partial charge in [-0.25, -0.2) is 9.59 Å². The second-order valence-corrected chi connectivity index (χ2v) is 8.93. The first-order valence-corrected chi connectivity index (χ1v) is 12.7. The van der Waals surface area contributed by atoms with Crippen LogP contribution < -0.4 is 14.2 Å². The highest BCUT2D eigenvalue weighted by Gasteiger charge is 2.74. The van der Waals surface area contributed by atoms with E-state index in [-0.39, 0.29) is 36.9 Å². The molecule has 2 rings (SSSR count). The van der Waals surface area contributed by atoms with Crippen LogP contribution in [0.3, 0.4) is 0 Å². The first-order valence-electron chi connectivity index (χ1n) is 12.7. The number of amides is 1. The van der Waals surface area contributed by atoms with Crippen molar-refractivity contribution in [1.82, 2.24) is 4.90 Å². The fraction of sp³-hybridized carbons (Fsp3) is 0.481. The molecule has 1 unspecified atom stereocenters. The van der Waals surface area contributed by atoms with Crippen molar-refractivity contribution in [3.8, 4) is 17.2 Å². The predicted molar refractivity (Wildman–Crippen MR) is 136 cm³/mol. The van der Waals surface area contributed by atoms with E-state index >= 15 is 0 Å². The highest BCUT2D eigenvalue weighted by atomic mass is 19.4. The van der Waals surface area contributed by atoms with Gasteiger partial charge in [0, 0.05) is 19.6 Å². The molecule has 0 saturated carbocycles. The maximum absolute atomic E-state index is 13.6. The van der Waals surface area contributed by atoms with Crippen LogP contribution in [-0.2, 0) is 20.7 Å². The number of nitrogens with zero attached hydrogens (tertiary/aromatic N) is 1. The summed E-state index contributed by atoms with van der Waals surface area (Å²) in [4.78, 5) is 24.8. The molecule has 0 fully saturated rings. The van der Waals surface area contributed by atoms with Gasteiger partial charge in [0.25, 0.3) is 0 Å². The molecule has 1 N–H and O–H groups in total. The molecule has 16 heteroatoms. The molecule has 0 aliphatic rings. The highest BCUT2D eigenvalue weighted by molar-refractivity contribution is 5.73. The van der Waals surface area contributed by atoms with Gasteiger partial charge in [-0.2, -0.15) is 30.7 Å². The summed E-state index contributed by atoms with van der Waals surface area (Å²) in [5.74, 6) is -7.31. The number of hydrogen-bond donors (Lipinski definition) is 1. The van der Waals surface area contributed by atoms with Crippen LogP contribution in [0, 0.1) is 6.92 Å². The molecule has 0 aliphatic heterocycles. The van der Waals surface area contributed by atoms with E-state index in [1.165, 1.54) is 31.4 Å². The molecule has 1 amide bonds. The van der Waals surface area contributed by atoms with E-state index in [1.54, 1.807) is 32.0 Å². The van der Waals surface area contributed by atoms with Crippen molar-refractivity contribution in [1.29, 1.82) is 0 Å². The minimum atomic E-state index is -6.59. The van der Waals surface area contributed by atoms with Crippen LogP contribution in [0.4, 0.5) is 35.5 Å². The van der Waals surface area contributed by atoms with Crippen LogP contribution >= 0.6 is 0 Å². The Morgan fingerprint density at radius 3 is 2.12 bits per heavy atom. The molecule has 0 bridgehead atoms. The lowest BCUT2D eigenvalue weighted by molar-refractivity contribution is -0.423. The molecule has 0 saturated heterocycles. The Kier molecular flexibility index (Phi) is 12.4. The molecule has 0 aromatic heterocycles. The lowest BCUT2D eigenvalue weighted by Gasteiger charge is -2.29. The first-order chi connectivity index (χ1) is 20.0. The third kappa shape index (κ3) is 9.88. The number of rotatable bonds is 16. The molecule has 240 valence electrons. The summed E-state index contributed by atoms with van der Waals surface area (Å²) in [6, 6.07) is 10.6. The predicted octanol–water partition coefficient (Wildman–Crippen LogP) is 5.72. The third-order valence-corrected chi connectivity index (χ3v) is 5.76. The number of carbonyl (C=O) groups excluding carboxylic acids is 1. The van der Waals surface area contributed by atoms with Gasteiger partial charge in [-0.05, 0) is 49.2 Å². The van der Waals surface area contributed by atoms with Gasteiger partial charge < -0.3 is 33.7 Å². The monoisotopic (exact) mass is 629 g/mol. The summed E-state index contributed by atoms with van der Waals surface area (Å²) in [7, 11) is 1.29. The van der Waals surface area contributed by atoms with E-state index in [9.17, 15) is 45.4 Å². The van der Waals surface area contributed by atoms with Crippen LogP contribution in [0.1, 0.15) is 18.1 Å². The molecular formula is C27H30F7NO8. The van der Waals surface area contributed by atoms with Gasteiger partial charge in [-0.1, -0.05) is 18.2 Å². The van der Waals surface area contributed by atoms with Crippen LogP contribution in [0.15, 0.2) is 42.5 Å². The summed E-state index contributed by atoms with van der Waals surface area (Å²) in [6.07, 6.45) is -14.7. The van der Waals surface area contributed by atoms with Gasteiger partial charge in [-0.3, -0.25) is 0 Å². The fourth-order valence-electron chi connectivity index (χ4n) is 3.48. The minimum Gasteiger partial charge on any atom is -0.493 e. The molecule has 0 radical (unpaired) electrons. The Labute approximate surface area is 242 Å². The number of benzene rings is 2. The third-order valence-electron chi connectivity index (χ3n) is 5.76. The van der Waals surface area contributed by atoms with Gasteiger partial charge in [0.15, 0.2) is 17.6 Å². The van der Waals surface area contributed by atoms with Crippen molar-refractivity contribution < 1.29 is 69.1 Å². The normalized spacial score (nSPS) is 12.9. The first kappa shape index (κ1) is 35.4. The van der Waals surface area contributed by atoms with Crippen molar-refractivity contribution >= 4 is 12.1 Å². The Bertz CT molecular complexity index is 1210. The lowest BCUT2D eigenvalue weighted by atomic mass is 10.1. The van der Waals surface area contributed by atoms with Crippen molar-refractivity contribution in [2.24, 2.45) is 0 Å². The van der Waals surface area contributed by atoms with Gasteiger partial charge in [-0.15, -0.1) is 0 Å². The Morgan fingerprint density at radius 1 is 0.930 bits per heavy atom. The quantitative estimate of drug-likeness (QED) is 0.235. The largest absolute Gasteiger partial charge is 0.493 e. The molecule has 0 spiro atoms. The number of ether oxygens (including phenoxy) is 5. The maximum atomic E-state index is 13.6. The zero-order valence-electron chi connectivity index (χ0n) is 23.3. The van der Waals surface area contributed by atoms with Crippen molar-refractivity contribution in [2.75, 3.05) is 40.0 Å². The van der Waals surface area contributed by atoms with E-state index in [1.807, 2.05) is 0 Å². The van der Waals surface area contributed by atoms with Gasteiger partial charge in [0.1, 0.15) is 12.4 Å². The van der Waals surface area contributed by atoms with E-state index in [4.69, 9.17) is 18.9 Å². The highest BCUT2D eigenvalue weighted by Crippen LogP contribution is 2.46. The average Bonchev–Trinajstić information content (AvgIpc) is 2.92. The Balaban J connectivity index is 2.11. The fourth-order valence-corrected chi connectivity index (χ4v) is 3.48. The van der Waals surface area contributed by atoms with E-state index in [2.05, 4.69) is 4.74 Å².